The van der Waals surface area contributed by atoms with Gasteiger partial charge in [-0.05, 0) is 35.3 Å². The van der Waals surface area contributed by atoms with Gasteiger partial charge in [0.1, 0.15) is 5.82 Å². The molecule has 3 N–H and O–H groups in total. The van der Waals surface area contributed by atoms with E-state index in [4.69, 9.17) is 45.2 Å². The molecular formula is C23H39FN8O7. The van der Waals surface area contributed by atoms with E-state index >= 15 is 0 Å². The minimum Gasteiger partial charge on any atom is -0.379 e. The Morgan fingerprint density at radius 1 is 0.718 bits per heavy atom. The summed E-state index contributed by atoms with van der Waals surface area (Å²) in [5.41, 5.74) is 21.7. The quantitative estimate of drug-likeness (QED) is 0.0829. The van der Waals surface area contributed by atoms with Gasteiger partial charge in [-0.1, -0.05) is 10.2 Å². The Balaban J connectivity index is 0.000000830. The first kappa shape index (κ1) is 36.0. The number of rotatable bonds is 24. The molecule has 0 aromatic heterocycles. The molecule has 0 unspecified atom stereocenters. The van der Waals surface area contributed by atoms with Gasteiger partial charge in [0.15, 0.2) is 0 Å². The fourth-order valence-electron chi connectivity index (χ4n) is 2.41. The number of halogens is 1. The SMILES string of the molecule is [N-]=[N+]=NCCOCCOCCOCCN.[N-]=[N+]=NCCOCCOCCOCCNC(=O)c1ccc(F)cc1. The van der Waals surface area contributed by atoms with E-state index in [1.165, 1.54) is 24.3 Å². The lowest BCUT2D eigenvalue weighted by atomic mass is 10.2. The van der Waals surface area contributed by atoms with Crippen molar-refractivity contribution >= 4 is 5.91 Å². The fraction of sp³-hybridized carbons (Fsp3) is 0.696. The first-order valence-electron chi connectivity index (χ1n) is 12.4. The molecule has 39 heavy (non-hydrogen) atoms. The van der Waals surface area contributed by atoms with Crippen LogP contribution < -0.4 is 11.1 Å². The second-order valence-corrected chi connectivity index (χ2v) is 7.13. The van der Waals surface area contributed by atoms with Gasteiger partial charge in [-0.3, -0.25) is 4.79 Å². The summed E-state index contributed by atoms with van der Waals surface area (Å²) in [7, 11) is 0. The second-order valence-electron chi connectivity index (χ2n) is 7.13. The summed E-state index contributed by atoms with van der Waals surface area (Å²) in [6, 6.07) is 5.33. The molecule has 0 radical (unpaired) electrons. The molecule has 0 aliphatic carbocycles. The third kappa shape index (κ3) is 26.4. The Hall–Kier alpha value is -3.04. The molecule has 0 bridgehead atoms. The highest BCUT2D eigenvalue weighted by atomic mass is 19.1. The van der Waals surface area contributed by atoms with Gasteiger partial charge in [0.2, 0.25) is 0 Å². The second kappa shape index (κ2) is 29.5. The number of ether oxygens (including phenoxy) is 6. The van der Waals surface area contributed by atoms with Crippen molar-refractivity contribution in [3.8, 4) is 0 Å². The number of amides is 1. The standard InChI is InChI=1S/C15H21FN4O4.C8H18N4O3/c16-14-3-1-13(2-4-14)15(21)18-5-7-22-9-11-24-12-10-23-8-6-19-20-17;9-1-3-13-5-7-15-8-6-14-4-2-11-12-10/h1-4H,5-12H2,(H,18,21);1-9H2. The maximum absolute atomic E-state index is 12.7. The Morgan fingerprint density at radius 2 is 1.13 bits per heavy atom. The van der Waals surface area contributed by atoms with Gasteiger partial charge in [-0.2, -0.15) is 0 Å². The molecule has 0 aliphatic rings. The fourth-order valence-corrected chi connectivity index (χ4v) is 2.41. The van der Waals surface area contributed by atoms with Gasteiger partial charge in [0.25, 0.3) is 5.91 Å². The number of carbonyl (C=O) groups is 1. The van der Waals surface area contributed by atoms with Crippen LogP contribution in [0.4, 0.5) is 4.39 Å². The maximum Gasteiger partial charge on any atom is 0.251 e. The molecule has 0 spiro atoms. The van der Waals surface area contributed by atoms with Crippen molar-refractivity contribution in [2.45, 2.75) is 0 Å². The molecule has 0 heterocycles. The number of hydrogen-bond donors (Lipinski definition) is 2. The highest BCUT2D eigenvalue weighted by Crippen LogP contribution is 2.02. The third-order valence-corrected chi connectivity index (χ3v) is 4.19. The average molecular weight is 559 g/mol. The molecule has 0 fully saturated rings. The summed E-state index contributed by atoms with van der Waals surface area (Å²) in [5.74, 6) is -0.649. The zero-order chi connectivity index (χ0) is 28.7. The number of carbonyl (C=O) groups excluding carboxylic acids is 1. The van der Waals surface area contributed by atoms with Crippen molar-refractivity contribution in [2.24, 2.45) is 16.0 Å². The van der Waals surface area contributed by atoms with Crippen LogP contribution >= 0.6 is 0 Å². The van der Waals surface area contributed by atoms with Gasteiger partial charge in [-0.25, -0.2) is 4.39 Å². The molecule has 0 aliphatic heterocycles. The van der Waals surface area contributed by atoms with Crippen LogP contribution in [0.3, 0.4) is 0 Å². The molecule has 220 valence electrons. The highest BCUT2D eigenvalue weighted by molar-refractivity contribution is 5.94. The topological polar surface area (TPSA) is 208 Å². The van der Waals surface area contributed by atoms with Crippen molar-refractivity contribution in [2.75, 3.05) is 105 Å². The van der Waals surface area contributed by atoms with E-state index in [1.807, 2.05) is 0 Å². The van der Waals surface area contributed by atoms with E-state index < -0.39 is 0 Å². The zero-order valence-corrected chi connectivity index (χ0v) is 22.1. The lowest BCUT2D eigenvalue weighted by molar-refractivity contribution is 0.0166. The van der Waals surface area contributed by atoms with E-state index in [9.17, 15) is 9.18 Å². The first-order valence-corrected chi connectivity index (χ1v) is 12.4. The maximum atomic E-state index is 12.7. The summed E-state index contributed by atoms with van der Waals surface area (Å²) in [4.78, 5) is 16.9. The Bertz CT molecular complexity index is 810. The molecule has 0 atom stereocenters. The molecule has 0 saturated heterocycles. The summed E-state index contributed by atoms with van der Waals surface area (Å²) in [5, 5.41) is 9.33. The number of benzene rings is 1. The smallest absolute Gasteiger partial charge is 0.251 e. The molecule has 1 amide bonds. The van der Waals surface area contributed by atoms with Crippen LogP contribution in [0.25, 0.3) is 20.9 Å². The molecular weight excluding hydrogens is 519 g/mol. The zero-order valence-electron chi connectivity index (χ0n) is 22.1. The lowest BCUT2D eigenvalue weighted by Gasteiger charge is -2.07. The van der Waals surface area contributed by atoms with Crippen molar-refractivity contribution < 1.29 is 37.6 Å². The Morgan fingerprint density at radius 3 is 1.56 bits per heavy atom. The van der Waals surface area contributed by atoms with E-state index in [0.29, 0.717) is 111 Å². The summed E-state index contributed by atoms with van der Waals surface area (Å²) < 4.78 is 43.9. The van der Waals surface area contributed by atoms with Crippen LogP contribution in [0.5, 0.6) is 0 Å². The summed E-state index contributed by atoms with van der Waals surface area (Å²) >= 11 is 0. The van der Waals surface area contributed by atoms with Crippen LogP contribution in [0, 0.1) is 5.82 Å². The predicted octanol–water partition coefficient (Wildman–Crippen LogP) is 2.22. The first-order chi connectivity index (χ1) is 19.2. The Kier molecular flexibility index (Phi) is 27.2. The van der Waals surface area contributed by atoms with Crippen LogP contribution in [-0.4, -0.2) is 111 Å². The van der Waals surface area contributed by atoms with Crippen molar-refractivity contribution in [3.05, 3.63) is 56.5 Å². The number of nitrogens with two attached hydrogens (primary N) is 1. The molecule has 0 saturated carbocycles. The van der Waals surface area contributed by atoms with Gasteiger partial charge in [0.05, 0.1) is 79.3 Å². The molecule has 1 aromatic carbocycles. The van der Waals surface area contributed by atoms with E-state index in [1.54, 1.807) is 0 Å². The van der Waals surface area contributed by atoms with Gasteiger partial charge in [-0.15, -0.1) is 0 Å². The number of azide groups is 2. The predicted molar refractivity (Wildman–Crippen MR) is 141 cm³/mol. The molecule has 1 aromatic rings. The number of nitrogens with one attached hydrogen (secondary N) is 1. The highest BCUT2D eigenvalue weighted by Gasteiger charge is 2.04. The molecule has 1 rings (SSSR count). The average Bonchev–Trinajstić information content (AvgIpc) is 2.95. The van der Waals surface area contributed by atoms with E-state index in [0.717, 1.165) is 0 Å². The van der Waals surface area contributed by atoms with Crippen molar-refractivity contribution in [1.82, 2.24) is 5.32 Å². The van der Waals surface area contributed by atoms with Crippen LogP contribution in [0.1, 0.15) is 10.4 Å². The lowest BCUT2D eigenvalue weighted by Crippen LogP contribution is -2.27. The Labute approximate surface area is 227 Å². The van der Waals surface area contributed by atoms with Gasteiger partial charge < -0.3 is 39.5 Å². The number of hydrogen-bond acceptors (Lipinski definition) is 10. The van der Waals surface area contributed by atoms with Crippen molar-refractivity contribution in [1.29, 1.82) is 0 Å². The van der Waals surface area contributed by atoms with Gasteiger partial charge >= 0.3 is 0 Å². The van der Waals surface area contributed by atoms with Crippen LogP contribution in [-0.2, 0) is 28.4 Å². The van der Waals surface area contributed by atoms with Crippen LogP contribution in [0.15, 0.2) is 34.5 Å². The third-order valence-electron chi connectivity index (χ3n) is 4.19. The molecule has 15 nitrogen and oxygen atoms in total. The minimum atomic E-state index is -0.379. The summed E-state index contributed by atoms with van der Waals surface area (Å²) in [6.45, 7) is 7.07. The van der Waals surface area contributed by atoms with Crippen molar-refractivity contribution in [3.63, 3.8) is 0 Å². The normalized spacial score (nSPS) is 10.1. The largest absolute Gasteiger partial charge is 0.379 e. The van der Waals surface area contributed by atoms with Crippen LogP contribution in [0.2, 0.25) is 0 Å². The minimum absolute atomic E-state index is 0.271. The number of nitrogens with zero attached hydrogens (tertiary/aromatic N) is 6. The van der Waals surface area contributed by atoms with E-state index in [-0.39, 0.29) is 11.7 Å². The summed E-state index contributed by atoms with van der Waals surface area (Å²) in [6.07, 6.45) is 0. The van der Waals surface area contributed by atoms with E-state index in [2.05, 4.69) is 25.4 Å². The monoisotopic (exact) mass is 558 g/mol. The van der Waals surface area contributed by atoms with Gasteiger partial charge in [0, 0.05) is 41.6 Å². The molecule has 16 heteroatoms.